The molecule has 3 nitrogen and oxygen atoms in total. The van der Waals surface area contributed by atoms with Crippen molar-refractivity contribution >= 4 is 66.8 Å². The molecule has 0 aliphatic carbocycles. The predicted octanol–water partition coefficient (Wildman–Crippen LogP) is 9.01. The van der Waals surface area contributed by atoms with Crippen LogP contribution in [0.4, 0.5) is 0 Å². The van der Waals surface area contributed by atoms with Crippen molar-refractivity contribution in [3.63, 3.8) is 0 Å². The third-order valence-electron chi connectivity index (χ3n) is 9.08. The Labute approximate surface area is 233 Å². The first-order valence-electron chi connectivity index (χ1n) is 14.0. The van der Waals surface area contributed by atoms with Gasteiger partial charge in [-0.15, -0.1) is 0 Å². The van der Waals surface area contributed by atoms with E-state index in [0.29, 0.717) is 0 Å². The highest BCUT2D eigenvalue weighted by molar-refractivity contribution is 6.62. The van der Waals surface area contributed by atoms with E-state index in [0.717, 1.165) is 38.5 Å². The van der Waals surface area contributed by atoms with Crippen molar-refractivity contribution < 1.29 is 13.7 Å². The van der Waals surface area contributed by atoms with E-state index in [1.54, 1.807) is 0 Å². The summed E-state index contributed by atoms with van der Waals surface area (Å²) in [6, 6.07) is 36.9. The van der Waals surface area contributed by atoms with Crippen LogP contribution in [-0.4, -0.2) is 18.3 Å². The van der Waals surface area contributed by atoms with Crippen LogP contribution < -0.4 is 5.46 Å². The molecule has 1 fully saturated rings. The van der Waals surface area contributed by atoms with Crippen LogP contribution >= 0.6 is 0 Å². The molecule has 8 rings (SSSR count). The fourth-order valence-corrected chi connectivity index (χ4v) is 6.29. The van der Waals surface area contributed by atoms with Crippen molar-refractivity contribution in [2.75, 3.05) is 0 Å². The summed E-state index contributed by atoms with van der Waals surface area (Å²) in [7, 11) is -0.480. The molecule has 0 spiro atoms. The molecule has 1 saturated heterocycles. The first-order chi connectivity index (χ1) is 19.3. The Morgan fingerprint density at radius 2 is 1.02 bits per heavy atom. The number of hydrogen-bond donors (Lipinski definition) is 0. The molecule has 194 valence electrons. The molecule has 0 amide bonds. The van der Waals surface area contributed by atoms with Crippen molar-refractivity contribution in [3.8, 4) is 11.1 Å². The second-order valence-corrected chi connectivity index (χ2v) is 12.0. The summed E-state index contributed by atoms with van der Waals surface area (Å²) < 4.78 is 19.4. The van der Waals surface area contributed by atoms with Crippen molar-refractivity contribution in [2.24, 2.45) is 0 Å². The molecule has 1 aliphatic rings. The van der Waals surface area contributed by atoms with E-state index in [9.17, 15) is 0 Å². The molecule has 6 aromatic carbocycles. The molecule has 1 aliphatic heterocycles. The fourth-order valence-electron chi connectivity index (χ4n) is 6.29. The van der Waals surface area contributed by atoms with Crippen molar-refractivity contribution in [1.82, 2.24) is 0 Å². The Morgan fingerprint density at radius 1 is 0.500 bits per heavy atom. The highest BCUT2D eigenvalue weighted by Crippen LogP contribution is 2.42. The zero-order valence-electron chi connectivity index (χ0n) is 23.1. The topological polar surface area (TPSA) is 31.6 Å². The SMILES string of the molecule is CC1(C)OB(c2cc(-c3ccc4c5ccccc5c5ccccc5c4c3)c3c(c2)oc2ccccc23)OC1(C)C. The van der Waals surface area contributed by atoms with Crippen LogP contribution in [0.2, 0.25) is 0 Å². The molecule has 2 heterocycles. The lowest BCUT2D eigenvalue weighted by Crippen LogP contribution is -2.41. The highest BCUT2D eigenvalue weighted by Gasteiger charge is 2.52. The smallest absolute Gasteiger partial charge is 0.456 e. The van der Waals surface area contributed by atoms with Gasteiger partial charge in [-0.05, 0) is 94.8 Å². The molecule has 0 bridgehead atoms. The lowest BCUT2D eigenvalue weighted by atomic mass is 9.77. The molecule has 40 heavy (non-hydrogen) atoms. The number of furan rings is 1. The van der Waals surface area contributed by atoms with E-state index in [-0.39, 0.29) is 0 Å². The van der Waals surface area contributed by atoms with Gasteiger partial charge in [0.1, 0.15) is 11.2 Å². The zero-order valence-corrected chi connectivity index (χ0v) is 23.1. The van der Waals surface area contributed by atoms with E-state index in [1.807, 2.05) is 12.1 Å². The van der Waals surface area contributed by atoms with Crippen LogP contribution in [0.5, 0.6) is 0 Å². The molecular weight excluding hydrogens is 491 g/mol. The lowest BCUT2D eigenvalue weighted by molar-refractivity contribution is 0.00578. The lowest BCUT2D eigenvalue weighted by Gasteiger charge is -2.32. The maximum Gasteiger partial charge on any atom is 0.494 e. The van der Waals surface area contributed by atoms with Gasteiger partial charge in [0.2, 0.25) is 0 Å². The molecule has 0 atom stereocenters. The quantitative estimate of drug-likeness (QED) is 0.168. The summed E-state index contributed by atoms with van der Waals surface area (Å²) in [6.07, 6.45) is 0. The van der Waals surface area contributed by atoms with E-state index in [2.05, 4.69) is 119 Å². The standard InChI is InChI=1S/C36H29BO3/c1-35(2)36(3,4)40-37(39-35)23-20-30(34-29-15-9-10-16-32(29)38-33(34)21-23)22-17-18-28-26-13-6-5-11-24(26)25-12-7-8-14-27(25)31(28)19-22/h5-21H,1-4H3. The van der Waals surface area contributed by atoms with Gasteiger partial charge in [0.15, 0.2) is 0 Å². The molecule has 4 heteroatoms. The first-order valence-corrected chi connectivity index (χ1v) is 14.0. The Hall–Kier alpha value is -4.12. The van der Waals surface area contributed by atoms with Crippen LogP contribution in [0.3, 0.4) is 0 Å². The number of benzene rings is 6. The monoisotopic (exact) mass is 520 g/mol. The van der Waals surface area contributed by atoms with Gasteiger partial charge >= 0.3 is 7.12 Å². The molecule has 0 saturated carbocycles. The fraction of sp³-hybridized carbons (Fsp3) is 0.167. The minimum atomic E-state index is -0.480. The Morgan fingerprint density at radius 3 is 1.65 bits per heavy atom. The van der Waals surface area contributed by atoms with Gasteiger partial charge in [-0.25, -0.2) is 0 Å². The van der Waals surface area contributed by atoms with Crippen LogP contribution in [0, 0.1) is 0 Å². The summed E-state index contributed by atoms with van der Waals surface area (Å²) in [6.45, 7) is 8.36. The second-order valence-electron chi connectivity index (χ2n) is 12.0. The number of hydrogen-bond acceptors (Lipinski definition) is 3. The number of para-hydroxylation sites is 1. The Balaban J connectivity index is 1.43. The summed E-state index contributed by atoms with van der Waals surface area (Å²) in [5.41, 5.74) is 4.08. The molecule has 0 unspecified atom stereocenters. The number of rotatable bonds is 2. The van der Waals surface area contributed by atoms with Crippen LogP contribution in [0.25, 0.3) is 65.4 Å². The maximum atomic E-state index is 6.48. The summed E-state index contributed by atoms with van der Waals surface area (Å²) in [5, 5.41) is 9.80. The van der Waals surface area contributed by atoms with Gasteiger partial charge in [-0.2, -0.15) is 0 Å². The zero-order chi connectivity index (χ0) is 27.2. The molecular formula is C36H29BO3. The molecule has 7 aromatic rings. The largest absolute Gasteiger partial charge is 0.494 e. The average Bonchev–Trinajstić information content (AvgIpc) is 3.45. The van der Waals surface area contributed by atoms with Gasteiger partial charge in [0, 0.05) is 10.8 Å². The Kier molecular flexibility index (Phi) is 4.87. The third kappa shape index (κ3) is 3.33. The summed E-state index contributed by atoms with van der Waals surface area (Å²) in [4.78, 5) is 0. The van der Waals surface area contributed by atoms with Crippen LogP contribution in [-0.2, 0) is 9.31 Å². The second kappa shape index (κ2) is 8.20. The van der Waals surface area contributed by atoms with E-state index in [4.69, 9.17) is 13.7 Å². The van der Waals surface area contributed by atoms with Crippen molar-refractivity contribution in [3.05, 3.63) is 103 Å². The summed E-state index contributed by atoms with van der Waals surface area (Å²) in [5.74, 6) is 0. The van der Waals surface area contributed by atoms with Crippen LogP contribution in [0.1, 0.15) is 27.7 Å². The van der Waals surface area contributed by atoms with Gasteiger partial charge in [-0.3, -0.25) is 0 Å². The summed E-state index contributed by atoms with van der Waals surface area (Å²) >= 11 is 0. The Bertz CT molecular complexity index is 2080. The van der Waals surface area contributed by atoms with Gasteiger partial charge in [-0.1, -0.05) is 84.9 Å². The molecule has 0 radical (unpaired) electrons. The average molecular weight is 520 g/mol. The molecule has 0 N–H and O–H groups in total. The van der Waals surface area contributed by atoms with E-state index >= 15 is 0 Å². The predicted molar refractivity (Wildman–Crippen MR) is 167 cm³/mol. The van der Waals surface area contributed by atoms with E-state index in [1.165, 1.54) is 32.3 Å². The third-order valence-corrected chi connectivity index (χ3v) is 9.08. The van der Waals surface area contributed by atoms with Crippen molar-refractivity contribution in [2.45, 2.75) is 38.9 Å². The number of fused-ring (bicyclic) bond motifs is 9. The minimum absolute atomic E-state index is 0.427. The van der Waals surface area contributed by atoms with Crippen LogP contribution in [0.15, 0.2) is 108 Å². The van der Waals surface area contributed by atoms with Crippen molar-refractivity contribution in [1.29, 1.82) is 0 Å². The maximum absolute atomic E-state index is 6.48. The minimum Gasteiger partial charge on any atom is -0.456 e. The van der Waals surface area contributed by atoms with Gasteiger partial charge < -0.3 is 13.7 Å². The first kappa shape index (κ1) is 23.7. The van der Waals surface area contributed by atoms with Gasteiger partial charge in [0.25, 0.3) is 0 Å². The molecule has 1 aromatic heterocycles. The van der Waals surface area contributed by atoms with Gasteiger partial charge in [0.05, 0.1) is 11.2 Å². The van der Waals surface area contributed by atoms with E-state index < -0.39 is 18.3 Å². The normalized spacial score (nSPS) is 16.6. The highest BCUT2D eigenvalue weighted by atomic mass is 16.7.